The molecule has 25 heavy (non-hydrogen) atoms. The van der Waals surface area contributed by atoms with Gasteiger partial charge in [-0.2, -0.15) is 0 Å². The zero-order valence-electron chi connectivity index (χ0n) is 15.3. The SMILES string of the molecule is CCCN1CCCN(C(=O)NC[C@H]2CCCn3cc(C)nc32)CC1=O. The van der Waals surface area contributed by atoms with Crippen molar-refractivity contribution in [3.05, 3.63) is 17.7 Å². The van der Waals surface area contributed by atoms with Crippen molar-refractivity contribution in [3.63, 3.8) is 0 Å². The average molecular weight is 347 g/mol. The van der Waals surface area contributed by atoms with E-state index in [1.165, 1.54) is 0 Å². The van der Waals surface area contributed by atoms with Crippen molar-refractivity contribution in [2.75, 3.05) is 32.7 Å². The number of amides is 3. The molecule has 3 amide bonds. The third-order valence-corrected chi connectivity index (χ3v) is 5.06. The Bertz CT molecular complexity index is 627. The van der Waals surface area contributed by atoms with E-state index < -0.39 is 0 Å². The van der Waals surface area contributed by atoms with Crippen LogP contribution in [0.25, 0.3) is 0 Å². The van der Waals surface area contributed by atoms with Crippen LogP contribution in [0.15, 0.2) is 6.20 Å². The lowest BCUT2D eigenvalue weighted by Crippen LogP contribution is -2.45. The summed E-state index contributed by atoms with van der Waals surface area (Å²) in [7, 11) is 0. The maximum Gasteiger partial charge on any atom is 0.317 e. The lowest BCUT2D eigenvalue weighted by Gasteiger charge is -2.26. The summed E-state index contributed by atoms with van der Waals surface area (Å²) in [5.41, 5.74) is 1.03. The maximum absolute atomic E-state index is 12.5. The fraction of sp³-hybridized carbons (Fsp3) is 0.722. The number of aromatic nitrogens is 2. The molecule has 2 aliphatic rings. The van der Waals surface area contributed by atoms with Gasteiger partial charge in [0.25, 0.3) is 0 Å². The Hall–Kier alpha value is -2.05. The van der Waals surface area contributed by atoms with Gasteiger partial charge in [-0.05, 0) is 32.6 Å². The standard InChI is InChI=1S/C18H29N5O2/c1-3-7-21-9-5-10-23(13-16(21)24)18(25)19-11-15-6-4-8-22-12-14(2)20-17(15)22/h12,15H,3-11,13H2,1-2H3,(H,19,25)/t15-/m1/s1. The molecule has 1 fully saturated rings. The van der Waals surface area contributed by atoms with Gasteiger partial charge in [-0.1, -0.05) is 6.92 Å². The smallest absolute Gasteiger partial charge is 0.317 e. The molecule has 1 aromatic rings. The van der Waals surface area contributed by atoms with E-state index in [1.807, 2.05) is 11.8 Å². The number of rotatable bonds is 4. The predicted molar refractivity (Wildman–Crippen MR) is 95.4 cm³/mol. The van der Waals surface area contributed by atoms with E-state index in [0.717, 1.165) is 56.8 Å². The average Bonchev–Trinajstić information content (AvgIpc) is 2.88. The molecule has 0 aromatic carbocycles. The third-order valence-electron chi connectivity index (χ3n) is 5.06. The molecule has 0 unspecified atom stereocenters. The summed E-state index contributed by atoms with van der Waals surface area (Å²) < 4.78 is 2.20. The first-order valence-corrected chi connectivity index (χ1v) is 9.42. The van der Waals surface area contributed by atoms with Crippen LogP contribution in [-0.4, -0.2) is 64.0 Å². The summed E-state index contributed by atoms with van der Waals surface area (Å²) in [6, 6.07) is -0.132. The van der Waals surface area contributed by atoms with Gasteiger partial charge in [-0.15, -0.1) is 0 Å². The lowest BCUT2D eigenvalue weighted by atomic mass is 9.99. The number of imidazole rings is 1. The van der Waals surface area contributed by atoms with Crippen molar-refractivity contribution in [1.82, 2.24) is 24.7 Å². The Morgan fingerprint density at radius 1 is 1.32 bits per heavy atom. The summed E-state index contributed by atoms with van der Waals surface area (Å²) in [5.74, 6) is 1.38. The van der Waals surface area contributed by atoms with Crippen LogP contribution in [0, 0.1) is 6.92 Å². The van der Waals surface area contributed by atoms with Crippen LogP contribution in [0.2, 0.25) is 0 Å². The Balaban J connectivity index is 1.55. The molecule has 7 nitrogen and oxygen atoms in total. The van der Waals surface area contributed by atoms with Gasteiger partial charge >= 0.3 is 6.03 Å². The summed E-state index contributed by atoms with van der Waals surface area (Å²) >= 11 is 0. The van der Waals surface area contributed by atoms with Crippen LogP contribution in [0.3, 0.4) is 0 Å². The highest BCUT2D eigenvalue weighted by atomic mass is 16.2. The molecule has 1 saturated heterocycles. The number of urea groups is 1. The van der Waals surface area contributed by atoms with Crippen LogP contribution in [0.4, 0.5) is 4.79 Å². The molecule has 0 spiro atoms. The molecule has 3 heterocycles. The number of fused-ring (bicyclic) bond motifs is 1. The Morgan fingerprint density at radius 3 is 2.96 bits per heavy atom. The molecule has 0 aliphatic carbocycles. The van der Waals surface area contributed by atoms with Gasteiger partial charge in [0.05, 0.1) is 5.69 Å². The minimum absolute atomic E-state index is 0.0540. The zero-order valence-corrected chi connectivity index (χ0v) is 15.3. The number of carbonyl (C=O) groups is 2. The molecule has 0 bridgehead atoms. The highest BCUT2D eigenvalue weighted by Crippen LogP contribution is 2.26. The topological polar surface area (TPSA) is 70.5 Å². The predicted octanol–water partition coefficient (Wildman–Crippen LogP) is 1.72. The molecular formula is C18H29N5O2. The first-order chi connectivity index (χ1) is 12.1. The highest BCUT2D eigenvalue weighted by Gasteiger charge is 2.26. The number of nitrogens with one attached hydrogen (secondary N) is 1. The minimum atomic E-state index is -0.132. The molecule has 1 atom stereocenters. The van der Waals surface area contributed by atoms with Crippen LogP contribution < -0.4 is 5.32 Å². The van der Waals surface area contributed by atoms with Crippen molar-refractivity contribution < 1.29 is 9.59 Å². The molecule has 7 heteroatoms. The molecule has 3 rings (SSSR count). The van der Waals surface area contributed by atoms with Crippen LogP contribution in [0.1, 0.15) is 50.0 Å². The van der Waals surface area contributed by atoms with Crippen LogP contribution in [0.5, 0.6) is 0 Å². The first kappa shape index (κ1) is 17.8. The van der Waals surface area contributed by atoms with Gasteiger partial charge in [0.15, 0.2) is 0 Å². The van der Waals surface area contributed by atoms with E-state index in [-0.39, 0.29) is 24.4 Å². The van der Waals surface area contributed by atoms with E-state index in [2.05, 4.69) is 28.0 Å². The number of hydrogen-bond acceptors (Lipinski definition) is 3. The number of hydrogen-bond donors (Lipinski definition) is 1. The van der Waals surface area contributed by atoms with E-state index >= 15 is 0 Å². The second kappa shape index (κ2) is 7.89. The molecule has 0 radical (unpaired) electrons. The van der Waals surface area contributed by atoms with Gasteiger partial charge in [0.1, 0.15) is 12.4 Å². The lowest BCUT2D eigenvalue weighted by molar-refractivity contribution is -0.130. The molecule has 138 valence electrons. The van der Waals surface area contributed by atoms with Gasteiger partial charge < -0.3 is 19.7 Å². The van der Waals surface area contributed by atoms with E-state index in [9.17, 15) is 9.59 Å². The largest absolute Gasteiger partial charge is 0.341 e. The fourth-order valence-electron chi connectivity index (χ4n) is 3.82. The van der Waals surface area contributed by atoms with Crippen molar-refractivity contribution >= 4 is 11.9 Å². The number of aryl methyl sites for hydroxylation is 2. The van der Waals surface area contributed by atoms with E-state index in [0.29, 0.717) is 13.1 Å². The van der Waals surface area contributed by atoms with Gasteiger partial charge in [0, 0.05) is 44.8 Å². The van der Waals surface area contributed by atoms with Crippen molar-refractivity contribution in [1.29, 1.82) is 0 Å². The summed E-state index contributed by atoms with van der Waals surface area (Å²) in [4.78, 5) is 33.0. The molecule has 2 aliphatic heterocycles. The Labute approximate surface area is 149 Å². The second-order valence-corrected chi connectivity index (χ2v) is 7.11. The molecule has 1 N–H and O–H groups in total. The Kier molecular flexibility index (Phi) is 5.60. The van der Waals surface area contributed by atoms with Gasteiger partial charge in [-0.3, -0.25) is 4.79 Å². The summed E-state index contributed by atoms with van der Waals surface area (Å²) in [6.07, 6.45) is 6.02. The van der Waals surface area contributed by atoms with Crippen molar-refractivity contribution in [3.8, 4) is 0 Å². The van der Waals surface area contributed by atoms with Crippen molar-refractivity contribution in [2.24, 2.45) is 0 Å². The summed E-state index contributed by atoms with van der Waals surface area (Å²) in [6.45, 7) is 8.01. The zero-order chi connectivity index (χ0) is 17.8. The highest BCUT2D eigenvalue weighted by molar-refractivity contribution is 5.84. The summed E-state index contributed by atoms with van der Waals surface area (Å²) in [5, 5.41) is 3.03. The monoisotopic (exact) mass is 347 g/mol. The fourth-order valence-corrected chi connectivity index (χ4v) is 3.82. The number of carbonyl (C=O) groups excluding carboxylic acids is 2. The van der Waals surface area contributed by atoms with E-state index in [1.54, 1.807) is 4.90 Å². The van der Waals surface area contributed by atoms with Crippen LogP contribution >= 0.6 is 0 Å². The van der Waals surface area contributed by atoms with Crippen LogP contribution in [-0.2, 0) is 11.3 Å². The van der Waals surface area contributed by atoms with Crippen molar-refractivity contribution in [2.45, 2.75) is 52.0 Å². The normalized spacial score (nSPS) is 21.0. The van der Waals surface area contributed by atoms with Gasteiger partial charge in [0.2, 0.25) is 5.91 Å². The van der Waals surface area contributed by atoms with E-state index in [4.69, 9.17) is 0 Å². The number of nitrogens with zero attached hydrogens (tertiary/aromatic N) is 4. The molecular weight excluding hydrogens is 318 g/mol. The Morgan fingerprint density at radius 2 is 2.16 bits per heavy atom. The maximum atomic E-state index is 12.5. The first-order valence-electron chi connectivity index (χ1n) is 9.42. The second-order valence-electron chi connectivity index (χ2n) is 7.11. The quantitative estimate of drug-likeness (QED) is 0.902. The molecule has 0 saturated carbocycles. The van der Waals surface area contributed by atoms with Gasteiger partial charge in [-0.25, -0.2) is 9.78 Å². The minimum Gasteiger partial charge on any atom is -0.341 e. The third kappa shape index (κ3) is 4.14. The molecule has 1 aromatic heterocycles.